The third-order valence-corrected chi connectivity index (χ3v) is 3.22. The van der Waals surface area contributed by atoms with Crippen LogP contribution < -0.4 is 14.4 Å². The SMILES string of the molecule is COc1ccc(CN(C)c2c(F)c(F)nc(F)c2F)cc1OC(F)F. The summed E-state index contributed by atoms with van der Waals surface area (Å²) >= 11 is 0. The molecule has 25 heavy (non-hydrogen) atoms. The summed E-state index contributed by atoms with van der Waals surface area (Å²) in [5, 5.41) is 0. The lowest BCUT2D eigenvalue weighted by Gasteiger charge is -2.21. The zero-order valence-electron chi connectivity index (χ0n) is 13.0. The maximum atomic E-state index is 13.7. The van der Waals surface area contributed by atoms with Crippen molar-refractivity contribution in [1.82, 2.24) is 4.98 Å². The van der Waals surface area contributed by atoms with Gasteiger partial charge in [-0.15, -0.1) is 0 Å². The van der Waals surface area contributed by atoms with E-state index in [4.69, 9.17) is 4.74 Å². The van der Waals surface area contributed by atoms with E-state index in [1.54, 1.807) is 0 Å². The van der Waals surface area contributed by atoms with Crippen LogP contribution in [0.3, 0.4) is 0 Å². The summed E-state index contributed by atoms with van der Waals surface area (Å²) in [5.74, 6) is -7.20. The third-order valence-electron chi connectivity index (χ3n) is 3.22. The molecule has 0 unspecified atom stereocenters. The fourth-order valence-electron chi connectivity index (χ4n) is 2.17. The lowest BCUT2D eigenvalue weighted by molar-refractivity contribution is -0.0512. The number of pyridine rings is 1. The smallest absolute Gasteiger partial charge is 0.387 e. The Morgan fingerprint density at radius 3 is 2.16 bits per heavy atom. The zero-order chi connectivity index (χ0) is 18.7. The van der Waals surface area contributed by atoms with Gasteiger partial charge in [0.05, 0.1) is 7.11 Å². The van der Waals surface area contributed by atoms with Crippen LogP contribution in [0.4, 0.5) is 32.0 Å². The Bertz CT molecular complexity index is 746. The van der Waals surface area contributed by atoms with E-state index in [-0.39, 0.29) is 23.6 Å². The number of nitrogens with zero attached hydrogens (tertiary/aromatic N) is 2. The summed E-state index contributed by atoms with van der Waals surface area (Å²) in [4.78, 5) is 3.33. The molecule has 136 valence electrons. The van der Waals surface area contributed by atoms with Crippen molar-refractivity contribution in [2.45, 2.75) is 13.2 Å². The molecule has 0 saturated carbocycles. The molecular formula is C15H12F6N2O2. The first-order valence-corrected chi connectivity index (χ1v) is 6.77. The summed E-state index contributed by atoms with van der Waals surface area (Å²) in [6.07, 6.45) is 0. The van der Waals surface area contributed by atoms with Gasteiger partial charge >= 0.3 is 6.61 Å². The molecule has 0 amide bonds. The number of ether oxygens (including phenoxy) is 2. The number of methoxy groups -OCH3 is 1. The number of alkyl halides is 2. The van der Waals surface area contributed by atoms with Crippen LogP contribution >= 0.6 is 0 Å². The summed E-state index contributed by atoms with van der Waals surface area (Å²) in [7, 11) is 2.41. The first kappa shape index (κ1) is 18.7. The Hall–Kier alpha value is -2.65. The van der Waals surface area contributed by atoms with Crippen LogP contribution in [0.2, 0.25) is 0 Å². The van der Waals surface area contributed by atoms with E-state index >= 15 is 0 Å². The first-order valence-electron chi connectivity index (χ1n) is 6.77. The average molecular weight is 366 g/mol. The molecule has 0 atom stereocenters. The van der Waals surface area contributed by atoms with Gasteiger partial charge in [0.1, 0.15) is 5.69 Å². The van der Waals surface area contributed by atoms with Crippen molar-refractivity contribution >= 4 is 5.69 Å². The summed E-state index contributed by atoms with van der Waals surface area (Å²) in [6.45, 7) is -3.37. The maximum Gasteiger partial charge on any atom is 0.387 e. The predicted molar refractivity (Wildman–Crippen MR) is 75.8 cm³/mol. The Morgan fingerprint density at radius 1 is 1.04 bits per heavy atom. The second kappa shape index (κ2) is 7.49. The molecule has 0 aliphatic heterocycles. The van der Waals surface area contributed by atoms with Crippen molar-refractivity contribution < 1.29 is 35.8 Å². The van der Waals surface area contributed by atoms with Crippen LogP contribution in [-0.2, 0) is 6.54 Å². The molecule has 1 aromatic heterocycles. The fraction of sp³-hybridized carbons (Fsp3) is 0.267. The Balaban J connectivity index is 2.34. The van der Waals surface area contributed by atoms with E-state index in [1.807, 2.05) is 0 Å². The molecule has 1 heterocycles. The summed E-state index contributed by atoms with van der Waals surface area (Å²) in [6, 6.07) is 3.88. The van der Waals surface area contributed by atoms with E-state index in [0.717, 1.165) is 18.0 Å². The van der Waals surface area contributed by atoms with E-state index < -0.39 is 35.8 Å². The highest BCUT2D eigenvalue weighted by Gasteiger charge is 2.24. The van der Waals surface area contributed by atoms with E-state index in [1.165, 1.54) is 19.2 Å². The molecule has 2 rings (SSSR count). The van der Waals surface area contributed by atoms with Gasteiger partial charge in [0.15, 0.2) is 11.5 Å². The zero-order valence-corrected chi connectivity index (χ0v) is 13.0. The number of anilines is 1. The third kappa shape index (κ3) is 4.06. The molecule has 0 N–H and O–H groups in total. The molecule has 0 fully saturated rings. The fourth-order valence-corrected chi connectivity index (χ4v) is 2.17. The van der Waals surface area contributed by atoms with E-state index in [9.17, 15) is 26.3 Å². The number of hydrogen-bond donors (Lipinski definition) is 0. The lowest BCUT2D eigenvalue weighted by atomic mass is 10.2. The molecule has 10 heteroatoms. The Kier molecular flexibility index (Phi) is 5.60. The molecule has 0 aliphatic rings. The van der Waals surface area contributed by atoms with Crippen molar-refractivity contribution in [3.63, 3.8) is 0 Å². The summed E-state index contributed by atoms with van der Waals surface area (Å²) < 4.78 is 87.8. The predicted octanol–water partition coefficient (Wildman–Crippen LogP) is 3.88. The molecule has 0 aliphatic carbocycles. The Morgan fingerprint density at radius 2 is 1.64 bits per heavy atom. The second-order valence-corrected chi connectivity index (χ2v) is 4.89. The van der Waals surface area contributed by atoms with Gasteiger partial charge < -0.3 is 14.4 Å². The monoisotopic (exact) mass is 366 g/mol. The van der Waals surface area contributed by atoms with Crippen molar-refractivity contribution in [3.8, 4) is 11.5 Å². The van der Waals surface area contributed by atoms with Crippen molar-refractivity contribution in [2.75, 3.05) is 19.1 Å². The average Bonchev–Trinajstić information content (AvgIpc) is 2.53. The molecule has 1 aromatic carbocycles. The first-order chi connectivity index (χ1) is 11.7. The highest BCUT2D eigenvalue weighted by atomic mass is 19.3. The van der Waals surface area contributed by atoms with Gasteiger partial charge in [0.25, 0.3) is 11.9 Å². The van der Waals surface area contributed by atoms with Crippen LogP contribution in [0.1, 0.15) is 5.56 Å². The molecule has 0 radical (unpaired) electrons. The molecular weight excluding hydrogens is 354 g/mol. The van der Waals surface area contributed by atoms with Crippen molar-refractivity contribution in [2.24, 2.45) is 0 Å². The van der Waals surface area contributed by atoms with Gasteiger partial charge in [-0.3, -0.25) is 0 Å². The van der Waals surface area contributed by atoms with Crippen LogP contribution in [0.5, 0.6) is 11.5 Å². The number of halogens is 6. The molecule has 0 saturated heterocycles. The number of aromatic nitrogens is 1. The van der Waals surface area contributed by atoms with Crippen molar-refractivity contribution in [3.05, 3.63) is 47.3 Å². The number of benzene rings is 1. The minimum atomic E-state index is -3.11. The minimum absolute atomic E-state index is 0.0186. The standard InChI is InChI=1S/C15H12F6N2O2/c1-23(12-10(16)13(18)22-14(19)11(12)17)6-7-3-4-8(24-2)9(5-7)25-15(20)21/h3-5,15H,6H2,1-2H3. The lowest BCUT2D eigenvalue weighted by Crippen LogP contribution is -2.21. The van der Waals surface area contributed by atoms with Gasteiger partial charge in [0, 0.05) is 13.6 Å². The Labute approximate surface area is 138 Å². The highest BCUT2D eigenvalue weighted by molar-refractivity contribution is 5.50. The van der Waals surface area contributed by atoms with Crippen LogP contribution in [0.15, 0.2) is 18.2 Å². The van der Waals surface area contributed by atoms with E-state index in [0.29, 0.717) is 0 Å². The summed E-state index contributed by atoms with van der Waals surface area (Å²) in [5.41, 5.74) is -0.701. The topological polar surface area (TPSA) is 34.6 Å². The maximum absolute atomic E-state index is 13.7. The van der Waals surface area contributed by atoms with Gasteiger partial charge in [0.2, 0.25) is 11.6 Å². The largest absolute Gasteiger partial charge is 0.493 e. The van der Waals surface area contributed by atoms with Crippen molar-refractivity contribution in [1.29, 1.82) is 0 Å². The molecule has 0 spiro atoms. The van der Waals surface area contributed by atoms with Gasteiger partial charge in [-0.1, -0.05) is 6.07 Å². The second-order valence-electron chi connectivity index (χ2n) is 4.89. The normalized spacial score (nSPS) is 10.9. The quantitative estimate of drug-likeness (QED) is 0.574. The molecule has 4 nitrogen and oxygen atoms in total. The number of rotatable bonds is 6. The van der Waals surface area contributed by atoms with Crippen LogP contribution in [0, 0.1) is 23.5 Å². The number of hydrogen-bond acceptors (Lipinski definition) is 4. The highest BCUT2D eigenvalue weighted by Crippen LogP contribution is 2.31. The van der Waals surface area contributed by atoms with Gasteiger partial charge in [-0.25, -0.2) is 0 Å². The minimum Gasteiger partial charge on any atom is -0.493 e. The molecule has 2 aromatic rings. The van der Waals surface area contributed by atoms with Gasteiger partial charge in [-0.05, 0) is 17.7 Å². The van der Waals surface area contributed by atoms with E-state index in [2.05, 4.69) is 9.72 Å². The van der Waals surface area contributed by atoms with Crippen LogP contribution in [0.25, 0.3) is 0 Å². The van der Waals surface area contributed by atoms with Crippen LogP contribution in [-0.4, -0.2) is 25.8 Å². The van der Waals surface area contributed by atoms with Gasteiger partial charge in [-0.2, -0.15) is 31.3 Å². The molecule has 0 bridgehead atoms.